The van der Waals surface area contributed by atoms with Crippen molar-refractivity contribution in [1.82, 2.24) is 15.1 Å². The van der Waals surface area contributed by atoms with E-state index in [0.717, 1.165) is 0 Å². The average molecular weight is 576 g/mol. The van der Waals surface area contributed by atoms with Crippen LogP contribution in [0.3, 0.4) is 0 Å². The number of nitrogens with zero attached hydrogens (tertiary/aromatic N) is 2. The minimum Gasteiger partial charge on any atom is -0.460 e. The Labute approximate surface area is 244 Å². The number of hydrogen-bond acceptors (Lipinski definition) is 7. The van der Waals surface area contributed by atoms with Crippen molar-refractivity contribution in [2.75, 3.05) is 26.2 Å². The Morgan fingerprint density at radius 2 is 1.93 bits per heavy atom. The van der Waals surface area contributed by atoms with Crippen LogP contribution in [0.4, 0.5) is 0 Å². The van der Waals surface area contributed by atoms with Crippen LogP contribution in [0.15, 0.2) is 25.3 Å². The Hall–Kier alpha value is -2.72. The van der Waals surface area contributed by atoms with Crippen molar-refractivity contribution < 1.29 is 33.8 Å². The number of allylic oxidation sites excluding steroid dienone is 1. The molecule has 6 atom stereocenters. The number of carbonyl (C=O) groups is 4. The van der Waals surface area contributed by atoms with Gasteiger partial charge in [-0.1, -0.05) is 32.9 Å². The lowest BCUT2D eigenvalue weighted by Crippen LogP contribution is -2.61. The first-order valence-electron chi connectivity index (χ1n) is 14.7. The van der Waals surface area contributed by atoms with Crippen LogP contribution in [0, 0.1) is 17.3 Å². The maximum absolute atomic E-state index is 14.5. The second-order valence-electron chi connectivity index (χ2n) is 13.5. The van der Waals surface area contributed by atoms with Gasteiger partial charge in [-0.2, -0.15) is 0 Å². The van der Waals surface area contributed by atoms with E-state index in [0.29, 0.717) is 32.1 Å². The first kappa shape index (κ1) is 32.8. The summed E-state index contributed by atoms with van der Waals surface area (Å²) in [5, 5.41) is 12.6. The molecule has 2 bridgehead atoms. The zero-order valence-electron chi connectivity index (χ0n) is 25.6. The van der Waals surface area contributed by atoms with Crippen molar-refractivity contribution in [3.05, 3.63) is 25.3 Å². The van der Waals surface area contributed by atoms with Crippen LogP contribution in [0.1, 0.15) is 73.6 Å². The third kappa shape index (κ3) is 6.69. The number of esters is 1. The number of amides is 3. The molecule has 3 amide bonds. The number of fused-ring (bicyclic) bond motifs is 1. The number of carbonyl (C=O) groups excluding carboxylic acids is 4. The van der Waals surface area contributed by atoms with Crippen molar-refractivity contribution in [2.45, 2.75) is 103 Å². The van der Waals surface area contributed by atoms with Gasteiger partial charge >= 0.3 is 5.97 Å². The molecular formula is C31H49N3O7. The molecule has 3 rings (SSSR count). The van der Waals surface area contributed by atoms with Gasteiger partial charge in [-0.3, -0.25) is 19.2 Å². The SMILES string of the molecule is C=CCCC(=O)NC[C@@H](C)OC(=O)[C@@H]1[C@@H]2CC[C@]3(O2)[C@H](C(=O)N(CC=C)C(C)(C)CC(C)(C)C)N(CCO)C(=O)[C@@H]13. The Balaban J connectivity index is 1.87. The minimum atomic E-state index is -1.18. The number of nitrogens with one attached hydrogen (secondary N) is 1. The van der Waals surface area contributed by atoms with Crippen molar-refractivity contribution in [2.24, 2.45) is 17.3 Å². The Morgan fingerprint density at radius 3 is 2.51 bits per heavy atom. The molecule has 230 valence electrons. The zero-order valence-corrected chi connectivity index (χ0v) is 25.6. The molecule has 1 spiro atoms. The molecule has 0 aromatic rings. The van der Waals surface area contributed by atoms with E-state index in [1.165, 1.54) is 4.90 Å². The van der Waals surface area contributed by atoms with E-state index < -0.39 is 47.2 Å². The summed E-state index contributed by atoms with van der Waals surface area (Å²) in [6.45, 7) is 19.6. The van der Waals surface area contributed by atoms with Crippen LogP contribution in [0.25, 0.3) is 0 Å². The quantitative estimate of drug-likeness (QED) is 0.241. The number of likely N-dealkylation sites (tertiary alicyclic amines) is 1. The molecular weight excluding hydrogens is 526 g/mol. The van der Waals surface area contributed by atoms with Crippen molar-refractivity contribution >= 4 is 23.7 Å². The molecule has 2 N–H and O–H groups in total. The number of hydrogen-bond donors (Lipinski definition) is 2. The van der Waals surface area contributed by atoms with Gasteiger partial charge in [-0.15, -0.1) is 13.2 Å². The standard InChI is InChI=1S/C31H49N3O7/c1-9-11-12-22(36)32-18-20(3)40-28(39)23-21-13-14-31(41-21)24(23)26(37)33(16-17-35)25(31)27(38)34(15-10-2)30(7,8)19-29(4,5)6/h9-10,20-21,23-25,35H,1-2,11-19H2,3-8H3,(H,32,36)/t20-,21+,23-,24-,25+,31-/m1/s1. The summed E-state index contributed by atoms with van der Waals surface area (Å²) in [6.07, 6.45) is 4.69. The molecule has 10 heteroatoms. The largest absolute Gasteiger partial charge is 0.460 e. The summed E-state index contributed by atoms with van der Waals surface area (Å²) in [4.78, 5) is 57.0. The van der Waals surface area contributed by atoms with E-state index >= 15 is 0 Å². The first-order chi connectivity index (χ1) is 19.1. The molecule has 3 aliphatic heterocycles. The summed E-state index contributed by atoms with van der Waals surface area (Å²) in [6, 6.07) is -0.976. The Bertz CT molecular complexity index is 1040. The van der Waals surface area contributed by atoms with Gasteiger partial charge in [-0.05, 0) is 51.9 Å². The van der Waals surface area contributed by atoms with E-state index in [1.807, 2.05) is 13.8 Å². The molecule has 0 aromatic heterocycles. The van der Waals surface area contributed by atoms with Gasteiger partial charge in [-0.25, -0.2) is 0 Å². The van der Waals surface area contributed by atoms with E-state index in [1.54, 1.807) is 24.0 Å². The van der Waals surface area contributed by atoms with Crippen LogP contribution < -0.4 is 5.32 Å². The van der Waals surface area contributed by atoms with Crippen LogP contribution in [-0.2, 0) is 28.7 Å². The van der Waals surface area contributed by atoms with Gasteiger partial charge in [0.15, 0.2) is 0 Å². The van der Waals surface area contributed by atoms with Crippen LogP contribution >= 0.6 is 0 Å². The van der Waals surface area contributed by atoms with Crippen LogP contribution in [0.2, 0.25) is 0 Å². The van der Waals surface area contributed by atoms with Crippen molar-refractivity contribution in [3.63, 3.8) is 0 Å². The molecule has 3 heterocycles. The Kier molecular flexibility index (Phi) is 10.1. The summed E-state index contributed by atoms with van der Waals surface area (Å²) in [7, 11) is 0. The molecule has 0 radical (unpaired) electrons. The van der Waals surface area contributed by atoms with E-state index in [4.69, 9.17) is 9.47 Å². The summed E-state index contributed by atoms with van der Waals surface area (Å²) in [5.41, 5.74) is -1.82. The maximum atomic E-state index is 14.5. The molecule has 10 nitrogen and oxygen atoms in total. The lowest BCUT2D eigenvalue weighted by molar-refractivity contribution is -0.159. The lowest BCUT2D eigenvalue weighted by atomic mass is 9.70. The molecule has 41 heavy (non-hydrogen) atoms. The Morgan fingerprint density at radius 1 is 1.24 bits per heavy atom. The van der Waals surface area contributed by atoms with Crippen molar-refractivity contribution in [3.8, 4) is 0 Å². The second kappa shape index (κ2) is 12.7. The number of β-amino-alcohol motifs (C(OH)–C–C–N with tert-alkyl or cyclic N) is 1. The summed E-state index contributed by atoms with van der Waals surface area (Å²) in [5.74, 6) is -3.14. The highest BCUT2D eigenvalue weighted by atomic mass is 16.6. The summed E-state index contributed by atoms with van der Waals surface area (Å²) >= 11 is 0. The maximum Gasteiger partial charge on any atom is 0.312 e. The van der Waals surface area contributed by atoms with Crippen LogP contribution in [0.5, 0.6) is 0 Å². The molecule has 0 aromatic carbocycles. The highest BCUT2D eigenvalue weighted by Gasteiger charge is 2.75. The molecule has 3 fully saturated rings. The van der Waals surface area contributed by atoms with Gasteiger partial charge in [0.2, 0.25) is 17.7 Å². The fourth-order valence-electron chi connectivity index (χ4n) is 7.25. The molecule has 3 saturated heterocycles. The molecule has 0 aliphatic carbocycles. The molecule has 0 unspecified atom stereocenters. The van der Waals surface area contributed by atoms with Crippen molar-refractivity contribution in [1.29, 1.82) is 0 Å². The predicted molar refractivity (Wildman–Crippen MR) is 154 cm³/mol. The highest BCUT2D eigenvalue weighted by molar-refractivity contribution is 5.98. The fraction of sp³-hybridized carbons (Fsp3) is 0.742. The zero-order chi connectivity index (χ0) is 30.8. The third-order valence-corrected chi connectivity index (χ3v) is 8.40. The van der Waals surface area contributed by atoms with E-state index in [-0.39, 0.29) is 49.4 Å². The summed E-state index contributed by atoms with van der Waals surface area (Å²) < 4.78 is 12.2. The number of rotatable bonds is 14. The van der Waals surface area contributed by atoms with Gasteiger partial charge in [0.25, 0.3) is 0 Å². The number of aliphatic hydroxyl groups is 1. The first-order valence-corrected chi connectivity index (χ1v) is 14.7. The van der Waals surface area contributed by atoms with Crippen LogP contribution in [-0.4, -0.2) is 94.2 Å². The van der Waals surface area contributed by atoms with E-state index in [2.05, 4.69) is 39.2 Å². The minimum absolute atomic E-state index is 0.0436. The average Bonchev–Trinajstić information content (AvgIpc) is 3.50. The second-order valence-corrected chi connectivity index (χ2v) is 13.5. The van der Waals surface area contributed by atoms with Gasteiger partial charge in [0.05, 0.1) is 31.1 Å². The van der Waals surface area contributed by atoms with E-state index in [9.17, 15) is 24.3 Å². The van der Waals surface area contributed by atoms with Gasteiger partial charge < -0.3 is 29.7 Å². The fourth-order valence-corrected chi connectivity index (χ4v) is 7.25. The number of ether oxygens (including phenoxy) is 2. The normalized spacial score (nSPS) is 27.8. The number of aliphatic hydroxyl groups excluding tert-OH is 1. The monoisotopic (exact) mass is 575 g/mol. The lowest BCUT2D eigenvalue weighted by Gasteiger charge is -2.45. The highest BCUT2D eigenvalue weighted by Crippen LogP contribution is 2.59. The third-order valence-electron chi connectivity index (χ3n) is 8.40. The predicted octanol–water partition coefficient (Wildman–Crippen LogP) is 2.60. The van der Waals surface area contributed by atoms with Gasteiger partial charge in [0, 0.05) is 25.0 Å². The molecule has 3 aliphatic rings. The smallest absolute Gasteiger partial charge is 0.312 e. The molecule has 0 saturated carbocycles. The van der Waals surface area contributed by atoms with Gasteiger partial charge in [0.1, 0.15) is 17.7 Å². The topological polar surface area (TPSA) is 125 Å².